The van der Waals surface area contributed by atoms with Crippen molar-refractivity contribution in [3.8, 4) is 5.75 Å². The molecule has 0 spiro atoms. The Labute approximate surface area is 131 Å². The van der Waals surface area contributed by atoms with E-state index in [1.807, 2.05) is 6.92 Å². The maximum absolute atomic E-state index is 13.2. The van der Waals surface area contributed by atoms with Crippen molar-refractivity contribution in [1.82, 2.24) is 0 Å². The van der Waals surface area contributed by atoms with Crippen molar-refractivity contribution in [3.63, 3.8) is 0 Å². The minimum Gasteiger partial charge on any atom is -0.484 e. The van der Waals surface area contributed by atoms with Gasteiger partial charge in [0.25, 0.3) is 0 Å². The summed E-state index contributed by atoms with van der Waals surface area (Å²) in [7, 11) is 0. The minimum atomic E-state index is -4.61. The van der Waals surface area contributed by atoms with Crippen molar-refractivity contribution in [3.05, 3.63) is 29.3 Å². The number of fused-ring (bicyclic) bond motifs is 2. The number of rotatable bonds is 4. The molecule has 1 N–H and O–H groups in total. The van der Waals surface area contributed by atoms with E-state index >= 15 is 0 Å². The van der Waals surface area contributed by atoms with E-state index in [1.54, 1.807) is 0 Å². The molecule has 0 aromatic heterocycles. The summed E-state index contributed by atoms with van der Waals surface area (Å²) in [6, 6.07) is 2.65. The Hall–Kier alpha value is -1.76. The van der Waals surface area contributed by atoms with E-state index in [4.69, 9.17) is 14.6 Å². The average molecular weight is 330 g/mol. The second-order valence-corrected chi connectivity index (χ2v) is 6.06. The second-order valence-electron chi connectivity index (χ2n) is 6.06. The number of aromatic carboxylic acids is 1. The van der Waals surface area contributed by atoms with E-state index in [1.165, 1.54) is 0 Å². The van der Waals surface area contributed by atoms with E-state index in [0.29, 0.717) is 12.8 Å². The number of carboxylic acids is 1. The molecule has 4 nitrogen and oxygen atoms in total. The Morgan fingerprint density at radius 3 is 2.65 bits per heavy atom. The number of carboxylic acid groups (broad SMARTS) is 1. The maximum Gasteiger partial charge on any atom is 0.419 e. The minimum absolute atomic E-state index is 0.0111. The van der Waals surface area contributed by atoms with Gasteiger partial charge in [-0.3, -0.25) is 0 Å². The fourth-order valence-corrected chi connectivity index (χ4v) is 3.50. The van der Waals surface area contributed by atoms with Crippen LogP contribution in [0.5, 0.6) is 5.75 Å². The molecule has 3 rings (SSSR count). The van der Waals surface area contributed by atoms with Crippen LogP contribution >= 0.6 is 0 Å². The van der Waals surface area contributed by atoms with Gasteiger partial charge in [-0.1, -0.05) is 6.92 Å². The van der Waals surface area contributed by atoms with Crippen LogP contribution in [-0.2, 0) is 10.9 Å². The highest BCUT2D eigenvalue weighted by Crippen LogP contribution is 2.48. The van der Waals surface area contributed by atoms with Gasteiger partial charge in [0.2, 0.25) is 0 Å². The van der Waals surface area contributed by atoms with E-state index in [2.05, 4.69) is 0 Å². The van der Waals surface area contributed by atoms with Gasteiger partial charge in [-0.05, 0) is 37.5 Å². The number of ether oxygens (including phenoxy) is 2. The van der Waals surface area contributed by atoms with Crippen molar-refractivity contribution in [2.45, 2.75) is 56.6 Å². The van der Waals surface area contributed by atoms with Crippen molar-refractivity contribution in [1.29, 1.82) is 0 Å². The molecule has 2 fully saturated rings. The van der Waals surface area contributed by atoms with Gasteiger partial charge in [0.15, 0.2) is 0 Å². The highest BCUT2D eigenvalue weighted by molar-refractivity contribution is 5.88. The normalized spacial score (nSPS) is 29.7. The Morgan fingerprint density at radius 1 is 1.43 bits per heavy atom. The SMILES string of the molecule is CCC1(Oc2cc(C(=O)O)ccc2C(F)(F)F)CC2CCC1O2. The summed E-state index contributed by atoms with van der Waals surface area (Å²) < 4.78 is 51.2. The van der Waals surface area contributed by atoms with Crippen LogP contribution in [0, 0.1) is 0 Å². The third-order valence-corrected chi connectivity index (χ3v) is 4.71. The molecule has 0 aliphatic carbocycles. The number of hydrogen-bond donors (Lipinski definition) is 1. The summed E-state index contributed by atoms with van der Waals surface area (Å²) in [5.74, 6) is -1.73. The Kier molecular flexibility index (Phi) is 3.78. The Morgan fingerprint density at radius 2 is 2.17 bits per heavy atom. The number of alkyl halides is 3. The zero-order chi connectivity index (χ0) is 16.8. The summed E-state index contributed by atoms with van der Waals surface area (Å²) in [5.41, 5.74) is -2.01. The van der Waals surface area contributed by atoms with Gasteiger partial charge in [-0.15, -0.1) is 0 Å². The van der Waals surface area contributed by atoms with Crippen LogP contribution in [0.2, 0.25) is 0 Å². The average Bonchev–Trinajstić information content (AvgIpc) is 3.07. The predicted molar refractivity (Wildman–Crippen MR) is 74.6 cm³/mol. The first-order valence-corrected chi connectivity index (χ1v) is 7.54. The molecule has 0 saturated carbocycles. The van der Waals surface area contributed by atoms with Crippen molar-refractivity contribution < 1.29 is 32.5 Å². The first-order chi connectivity index (χ1) is 10.7. The predicted octanol–water partition coefficient (Wildman–Crippen LogP) is 3.88. The fraction of sp³-hybridized carbons (Fsp3) is 0.562. The molecule has 1 aromatic carbocycles. The number of benzene rings is 1. The third-order valence-electron chi connectivity index (χ3n) is 4.71. The van der Waals surface area contributed by atoms with Gasteiger partial charge in [-0.2, -0.15) is 13.2 Å². The maximum atomic E-state index is 13.2. The smallest absolute Gasteiger partial charge is 0.419 e. The number of halogens is 3. The molecule has 7 heteroatoms. The summed E-state index contributed by atoms with van der Waals surface area (Å²) in [5, 5.41) is 9.03. The van der Waals surface area contributed by atoms with Crippen LogP contribution in [0.4, 0.5) is 13.2 Å². The summed E-state index contributed by atoms with van der Waals surface area (Å²) in [4.78, 5) is 11.1. The van der Waals surface area contributed by atoms with E-state index in [0.717, 1.165) is 31.0 Å². The highest BCUT2D eigenvalue weighted by Gasteiger charge is 2.54. The van der Waals surface area contributed by atoms with E-state index in [-0.39, 0.29) is 17.8 Å². The summed E-state index contributed by atoms with van der Waals surface area (Å²) in [6.07, 6.45) is -2.18. The lowest BCUT2D eigenvalue weighted by Crippen LogP contribution is -2.45. The Balaban J connectivity index is 2.00. The molecular weight excluding hydrogens is 313 g/mol. The zero-order valence-electron chi connectivity index (χ0n) is 12.5. The van der Waals surface area contributed by atoms with Crippen molar-refractivity contribution in [2.75, 3.05) is 0 Å². The van der Waals surface area contributed by atoms with Gasteiger partial charge in [-0.25, -0.2) is 4.79 Å². The topological polar surface area (TPSA) is 55.8 Å². The van der Waals surface area contributed by atoms with Gasteiger partial charge in [0.05, 0.1) is 23.3 Å². The largest absolute Gasteiger partial charge is 0.484 e. The molecule has 0 amide bonds. The molecule has 2 bridgehead atoms. The quantitative estimate of drug-likeness (QED) is 0.910. The van der Waals surface area contributed by atoms with E-state index in [9.17, 15) is 18.0 Å². The molecule has 2 saturated heterocycles. The lowest BCUT2D eigenvalue weighted by Gasteiger charge is -2.36. The second kappa shape index (κ2) is 5.40. The molecule has 2 aliphatic heterocycles. The Bertz CT molecular complexity index is 628. The molecular formula is C16H17F3O4. The standard InChI is InChI=1S/C16H17F3O4/c1-2-15(8-10-4-6-13(15)22-10)23-12-7-9(14(20)21)3-5-11(12)16(17,18)19/h3,5,7,10,13H,2,4,6,8H2,1H3,(H,20,21). The monoisotopic (exact) mass is 330 g/mol. The van der Waals surface area contributed by atoms with Crippen LogP contribution in [0.3, 0.4) is 0 Å². The lowest BCUT2D eigenvalue weighted by molar-refractivity contribution is -0.140. The first-order valence-electron chi connectivity index (χ1n) is 7.54. The molecule has 2 heterocycles. The van der Waals surface area contributed by atoms with Gasteiger partial charge in [0.1, 0.15) is 11.4 Å². The molecule has 23 heavy (non-hydrogen) atoms. The highest BCUT2D eigenvalue weighted by atomic mass is 19.4. The third kappa shape index (κ3) is 2.78. The summed E-state index contributed by atoms with van der Waals surface area (Å²) >= 11 is 0. The zero-order valence-corrected chi connectivity index (χ0v) is 12.5. The number of carbonyl (C=O) groups is 1. The molecule has 2 aliphatic rings. The van der Waals surface area contributed by atoms with Gasteiger partial charge >= 0.3 is 12.1 Å². The first kappa shape index (κ1) is 16.1. The summed E-state index contributed by atoms with van der Waals surface area (Å²) in [6.45, 7) is 1.85. The molecule has 3 atom stereocenters. The van der Waals surface area contributed by atoms with Crippen LogP contribution in [0.15, 0.2) is 18.2 Å². The van der Waals surface area contributed by atoms with E-state index < -0.39 is 29.1 Å². The fourth-order valence-electron chi connectivity index (χ4n) is 3.50. The molecule has 126 valence electrons. The molecule has 0 radical (unpaired) electrons. The van der Waals surface area contributed by atoms with Crippen molar-refractivity contribution in [2.24, 2.45) is 0 Å². The van der Waals surface area contributed by atoms with Crippen LogP contribution in [-0.4, -0.2) is 28.9 Å². The molecule has 1 aromatic rings. The van der Waals surface area contributed by atoms with Crippen LogP contribution < -0.4 is 4.74 Å². The van der Waals surface area contributed by atoms with Crippen LogP contribution in [0.25, 0.3) is 0 Å². The number of hydrogen-bond acceptors (Lipinski definition) is 3. The molecule has 3 unspecified atom stereocenters. The lowest BCUT2D eigenvalue weighted by atomic mass is 9.82. The van der Waals surface area contributed by atoms with Crippen LogP contribution in [0.1, 0.15) is 48.5 Å². The van der Waals surface area contributed by atoms with Gasteiger partial charge < -0.3 is 14.6 Å². The van der Waals surface area contributed by atoms with Crippen molar-refractivity contribution >= 4 is 5.97 Å². The van der Waals surface area contributed by atoms with Gasteiger partial charge in [0, 0.05) is 6.42 Å².